The van der Waals surface area contributed by atoms with Crippen LogP contribution in [0.3, 0.4) is 0 Å². The van der Waals surface area contributed by atoms with Crippen LogP contribution in [-0.2, 0) is 0 Å². The van der Waals surface area contributed by atoms with Gasteiger partial charge in [-0.15, -0.1) is 0 Å². The molecule has 0 spiro atoms. The Morgan fingerprint density at radius 2 is 1.32 bits per heavy atom. The molecule has 0 aromatic heterocycles. The van der Waals surface area contributed by atoms with Gasteiger partial charge in [-0.2, -0.15) is 36.9 Å². The minimum Gasteiger partial charge on any atom is -0.197 e. The van der Waals surface area contributed by atoms with Gasteiger partial charge in [0.25, 0.3) is 0 Å². The van der Waals surface area contributed by atoms with Gasteiger partial charge in [0.05, 0.1) is 18.1 Å². The van der Waals surface area contributed by atoms with Gasteiger partial charge in [0, 0.05) is 6.42 Å². The molecule has 1 rings (SSSR count). The normalized spacial score (nSPS) is 23.6. The van der Waals surface area contributed by atoms with Crippen LogP contribution in [0.25, 0.3) is 0 Å². The van der Waals surface area contributed by atoms with Gasteiger partial charge in [-0.1, -0.05) is 0 Å². The average molecular weight is 326 g/mol. The SMILES string of the molecule is N#CC(C#N)(CCC(F)(F)F)CC1CCC(C(F)(F)F)CC1. The number of nitrogens with zero attached hydrogens (tertiary/aromatic N) is 2. The molecular formula is C14H16F6N2. The monoisotopic (exact) mass is 326 g/mol. The molecule has 0 radical (unpaired) electrons. The maximum absolute atomic E-state index is 12.6. The van der Waals surface area contributed by atoms with Crippen molar-refractivity contribution in [2.45, 2.75) is 57.3 Å². The molecule has 8 heteroatoms. The second-order valence-electron chi connectivity index (χ2n) is 5.88. The van der Waals surface area contributed by atoms with Gasteiger partial charge in [-0.25, -0.2) is 0 Å². The maximum atomic E-state index is 12.6. The van der Waals surface area contributed by atoms with Crippen molar-refractivity contribution in [3.8, 4) is 12.1 Å². The molecule has 0 atom stereocenters. The lowest BCUT2D eigenvalue weighted by Gasteiger charge is -2.32. The molecule has 0 N–H and O–H groups in total. The molecule has 1 aliphatic carbocycles. The van der Waals surface area contributed by atoms with Gasteiger partial charge in [0.1, 0.15) is 5.41 Å². The van der Waals surface area contributed by atoms with E-state index in [-0.39, 0.29) is 38.0 Å². The van der Waals surface area contributed by atoms with Crippen molar-refractivity contribution in [1.29, 1.82) is 10.5 Å². The molecule has 22 heavy (non-hydrogen) atoms. The molecule has 124 valence electrons. The number of hydrogen-bond acceptors (Lipinski definition) is 2. The predicted molar refractivity (Wildman–Crippen MR) is 65.1 cm³/mol. The van der Waals surface area contributed by atoms with Crippen LogP contribution >= 0.6 is 0 Å². The van der Waals surface area contributed by atoms with Crippen molar-refractivity contribution in [3.63, 3.8) is 0 Å². The summed E-state index contributed by atoms with van der Waals surface area (Å²) in [5.74, 6) is -1.70. The molecule has 0 amide bonds. The number of alkyl halides is 6. The van der Waals surface area contributed by atoms with Crippen LogP contribution in [0.15, 0.2) is 0 Å². The van der Waals surface area contributed by atoms with Crippen LogP contribution in [-0.4, -0.2) is 12.4 Å². The van der Waals surface area contributed by atoms with Crippen LogP contribution in [0.1, 0.15) is 44.9 Å². The van der Waals surface area contributed by atoms with E-state index in [1.807, 2.05) is 0 Å². The molecule has 1 saturated carbocycles. The fourth-order valence-corrected chi connectivity index (χ4v) is 2.87. The van der Waals surface area contributed by atoms with E-state index < -0.39 is 36.5 Å². The van der Waals surface area contributed by atoms with Crippen molar-refractivity contribution >= 4 is 0 Å². The van der Waals surface area contributed by atoms with Crippen LogP contribution < -0.4 is 0 Å². The third-order valence-electron chi connectivity index (χ3n) is 4.21. The van der Waals surface area contributed by atoms with Crippen LogP contribution in [0.2, 0.25) is 0 Å². The van der Waals surface area contributed by atoms with E-state index in [0.29, 0.717) is 0 Å². The summed E-state index contributed by atoms with van der Waals surface area (Å²) in [6.07, 6.45) is -10.5. The lowest BCUT2D eigenvalue weighted by atomic mass is 9.71. The Morgan fingerprint density at radius 1 is 0.818 bits per heavy atom. The molecule has 0 unspecified atom stereocenters. The number of hydrogen-bond donors (Lipinski definition) is 0. The Hall–Kier alpha value is -1.44. The van der Waals surface area contributed by atoms with Crippen molar-refractivity contribution in [2.24, 2.45) is 17.3 Å². The molecule has 0 heterocycles. The molecule has 0 aliphatic heterocycles. The fourth-order valence-electron chi connectivity index (χ4n) is 2.87. The zero-order chi connectivity index (χ0) is 17.0. The zero-order valence-corrected chi connectivity index (χ0v) is 11.8. The Bertz CT molecular complexity index is 432. The number of nitriles is 2. The molecule has 0 bridgehead atoms. The van der Waals surface area contributed by atoms with Gasteiger partial charge < -0.3 is 0 Å². The summed E-state index contributed by atoms with van der Waals surface area (Å²) in [7, 11) is 0. The maximum Gasteiger partial charge on any atom is 0.391 e. The largest absolute Gasteiger partial charge is 0.391 e. The summed E-state index contributed by atoms with van der Waals surface area (Å²) in [5.41, 5.74) is -1.77. The van der Waals surface area contributed by atoms with Gasteiger partial charge >= 0.3 is 12.4 Å². The van der Waals surface area contributed by atoms with Gasteiger partial charge in [0.15, 0.2) is 0 Å². The summed E-state index contributed by atoms with van der Waals surface area (Å²) in [5, 5.41) is 18.1. The third-order valence-corrected chi connectivity index (χ3v) is 4.21. The smallest absolute Gasteiger partial charge is 0.197 e. The van der Waals surface area contributed by atoms with Crippen LogP contribution in [0.5, 0.6) is 0 Å². The standard InChI is InChI=1S/C14H16F6N2/c15-13(16,17)6-5-12(8-21,9-22)7-10-1-3-11(4-2-10)14(18,19)20/h10-11H,1-7H2. The first-order chi connectivity index (χ1) is 10.0. The molecule has 1 fully saturated rings. The number of rotatable bonds is 4. The van der Waals surface area contributed by atoms with Crippen molar-refractivity contribution < 1.29 is 26.3 Å². The van der Waals surface area contributed by atoms with E-state index in [1.165, 1.54) is 0 Å². The van der Waals surface area contributed by atoms with E-state index in [1.54, 1.807) is 12.1 Å². The summed E-state index contributed by atoms with van der Waals surface area (Å²) < 4.78 is 74.5. The minimum absolute atomic E-state index is 0.0966. The molecule has 0 aromatic rings. The van der Waals surface area contributed by atoms with Crippen molar-refractivity contribution in [3.05, 3.63) is 0 Å². The Kier molecular flexibility index (Phi) is 5.72. The summed E-state index contributed by atoms with van der Waals surface area (Å²) >= 11 is 0. The topological polar surface area (TPSA) is 47.6 Å². The van der Waals surface area contributed by atoms with E-state index >= 15 is 0 Å². The number of halogens is 6. The molecule has 2 nitrogen and oxygen atoms in total. The highest BCUT2D eigenvalue weighted by Gasteiger charge is 2.44. The van der Waals surface area contributed by atoms with Crippen molar-refractivity contribution in [2.75, 3.05) is 0 Å². The highest BCUT2D eigenvalue weighted by molar-refractivity contribution is 5.14. The Morgan fingerprint density at radius 3 is 1.68 bits per heavy atom. The summed E-state index contributed by atoms with van der Waals surface area (Å²) in [4.78, 5) is 0. The van der Waals surface area contributed by atoms with Gasteiger partial charge in [0.2, 0.25) is 0 Å². The first-order valence-corrected chi connectivity index (χ1v) is 6.97. The van der Waals surface area contributed by atoms with Gasteiger partial charge in [-0.05, 0) is 44.4 Å². The molecule has 0 aromatic carbocycles. The van der Waals surface area contributed by atoms with E-state index in [0.717, 1.165) is 0 Å². The summed E-state index contributed by atoms with van der Waals surface area (Å²) in [6, 6.07) is 3.29. The third kappa shape index (κ3) is 5.40. The second-order valence-corrected chi connectivity index (χ2v) is 5.88. The van der Waals surface area contributed by atoms with E-state index in [2.05, 4.69) is 0 Å². The Balaban J connectivity index is 2.63. The van der Waals surface area contributed by atoms with Gasteiger partial charge in [-0.3, -0.25) is 0 Å². The molecular weight excluding hydrogens is 310 g/mol. The molecule has 0 saturated heterocycles. The zero-order valence-electron chi connectivity index (χ0n) is 11.8. The van der Waals surface area contributed by atoms with Crippen LogP contribution in [0.4, 0.5) is 26.3 Å². The fraction of sp³-hybridized carbons (Fsp3) is 0.857. The van der Waals surface area contributed by atoms with Crippen LogP contribution in [0, 0.1) is 39.9 Å². The minimum atomic E-state index is -4.47. The predicted octanol–water partition coefficient (Wildman–Crippen LogP) is 5.12. The lowest BCUT2D eigenvalue weighted by Crippen LogP contribution is -2.30. The average Bonchev–Trinajstić information content (AvgIpc) is 2.42. The first-order valence-electron chi connectivity index (χ1n) is 6.97. The van der Waals surface area contributed by atoms with E-state index in [4.69, 9.17) is 10.5 Å². The lowest BCUT2D eigenvalue weighted by molar-refractivity contribution is -0.184. The molecule has 1 aliphatic rings. The highest BCUT2D eigenvalue weighted by atomic mass is 19.4. The second kappa shape index (κ2) is 6.76. The van der Waals surface area contributed by atoms with Crippen molar-refractivity contribution in [1.82, 2.24) is 0 Å². The van der Waals surface area contributed by atoms with E-state index in [9.17, 15) is 26.3 Å². The first kappa shape index (κ1) is 18.6. The highest BCUT2D eigenvalue weighted by Crippen LogP contribution is 2.44. The summed E-state index contributed by atoms with van der Waals surface area (Å²) in [6.45, 7) is 0. The Labute approximate surface area is 124 Å². The quantitative estimate of drug-likeness (QED) is 0.673.